The number of ether oxygens (including phenoxy) is 1. The molecule has 0 spiro atoms. The first-order valence-corrected chi connectivity index (χ1v) is 7.66. The Hall–Kier alpha value is -0.770. The summed E-state index contributed by atoms with van der Waals surface area (Å²) in [6.07, 6.45) is 0.142. The van der Waals surface area contributed by atoms with Crippen LogP contribution in [-0.2, 0) is 0 Å². The lowest BCUT2D eigenvalue weighted by Crippen LogP contribution is -2.36. The molecular weight excluding hydrogens is 272 g/mol. The molecule has 0 aliphatic heterocycles. The highest BCUT2D eigenvalue weighted by atomic mass is 35.5. The van der Waals surface area contributed by atoms with Gasteiger partial charge in [-0.15, -0.1) is 0 Å². The molecule has 20 heavy (non-hydrogen) atoms. The predicted molar refractivity (Wildman–Crippen MR) is 86.7 cm³/mol. The van der Waals surface area contributed by atoms with Gasteiger partial charge in [0.1, 0.15) is 11.9 Å². The van der Waals surface area contributed by atoms with E-state index in [0.29, 0.717) is 10.9 Å². The molecule has 0 aromatic heterocycles. The van der Waals surface area contributed by atoms with Crippen LogP contribution in [0.2, 0.25) is 5.02 Å². The first-order chi connectivity index (χ1) is 9.47. The molecule has 0 fully saturated rings. The van der Waals surface area contributed by atoms with Crippen molar-refractivity contribution in [2.45, 2.75) is 26.9 Å². The number of benzene rings is 1. The SMILES string of the molecule is CC(C)CNCCN(C)CC(C)Oc1cccc(Cl)c1. The Morgan fingerprint density at radius 2 is 2.05 bits per heavy atom. The Balaban J connectivity index is 2.22. The second-order valence-electron chi connectivity index (χ2n) is 5.75. The molecule has 3 nitrogen and oxygen atoms in total. The Morgan fingerprint density at radius 3 is 2.70 bits per heavy atom. The molecule has 0 saturated carbocycles. The average molecular weight is 299 g/mol. The lowest BCUT2D eigenvalue weighted by molar-refractivity contribution is 0.162. The van der Waals surface area contributed by atoms with E-state index in [4.69, 9.17) is 16.3 Å². The summed E-state index contributed by atoms with van der Waals surface area (Å²) >= 11 is 5.95. The molecule has 4 heteroatoms. The summed E-state index contributed by atoms with van der Waals surface area (Å²) < 4.78 is 5.86. The molecule has 0 saturated heterocycles. The molecule has 1 atom stereocenters. The van der Waals surface area contributed by atoms with Gasteiger partial charge in [0.25, 0.3) is 0 Å². The van der Waals surface area contributed by atoms with Crippen LogP contribution in [0.4, 0.5) is 0 Å². The van der Waals surface area contributed by atoms with Crippen LogP contribution in [0, 0.1) is 5.92 Å². The fraction of sp³-hybridized carbons (Fsp3) is 0.625. The maximum atomic E-state index is 5.95. The van der Waals surface area contributed by atoms with Crippen molar-refractivity contribution in [3.8, 4) is 5.75 Å². The number of halogens is 1. The third kappa shape index (κ3) is 7.73. The predicted octanol–water partition coefficient (Wildman–Crippen LogP) is 3.28. The fourth-order valence-corrected chi connectivity index (χ4v) is 2.18. The van der Waals surface area contributed by atoms with E-state index in [-0.39, 0.29) is 6.10 Å². The van der Waals surface area contributed by atoms with Crippen LogP contribution >= 0.6 is 11.6 Å². The molecule has 0 aliphatic rings. The highest BCUT2D eigenvalue weighted by Gasteiger charge is 2.08. The van der Waals surface area contributed by atoms with Gasteiger partial charge < -0.3 is 15.0 Å². The molecule has 0 amide bonds. The fourth-order valence-electron chi connectivity index (χ4n) is 2.00. The Morgan fingerprint density at radius 1 is 1.30 bits per heavy atom. The van der Waals surface area contributed by atoms with Crippen LogP contribution in [0.25, 0.3) is 0 Å². The average Bonchev–Trinajstić information content (AvgIpc) is 2.34. The van der Waals surface area contributed by atoms with E-state index >= 15 is 0 Å². The first kappa shape index (κ1) is 17.3. The molecular formula is C16H27ClN2O. The molecule has 0 heterocycles. The highest BCUT2D eigenvalue weighted by molar-refractivity contribution is 6.30. The number of likely N-dealkylation sites (N-methyl/N-ethyl adjacent to an activating group) is 1. The zero-order valence-corrected chi connectivity index (χ0v) is 13.8. The largest absolute Gasteiger partial charge is 0.489 e. The van der Waals surface area contributed by atoms with Crippen molar-refractivity contribution in [2.24, 2.45) is 5.92 Å². The minimum absolute atomic E-state index is 0.142. The van der Waals surface area contributed by atoms with Crippen molar-refractivity contribution in [3.63, 3.8) is 0 Å². The van der Waals surface area contributed by atoms with Gasteiger partial charge in [0.2, 0.25) is 0 Å². The number of nitrogens with one attached hydrogen (secondary N) is 1. The molecule has 1 rings (SSSR count). The quantitative estimate of drug-likeness (QED) is 0.708. The van der Waals surface area contributed by atoms with E-state index < -0.39 is 0 Å². The topological polar surface area (TPSA) is 24.5 Å². The van der Waals surface area contributed by atoms with Crippen LogP contribution < -0.4 is 10.1 Å². The maximum absolute atomic E-state index is 5.95. The van der Waals surface area contributed by atoms with Crippen LogP contribution in [-0.4, -0.2) is 44.2 Å². The van der Waals surface area contributed by atoms with E-state index in [9.17, 15) is 0 Å². The zero-order chi connectivity index (χ0) is 15.0. The molecule has 1 aromatic carbocycles. The molecule has 1 unspecified atom stereocenters. The Bertz CT molecular complexity index is 384. The Labute approximate surface area is 128 Å². The molecule has 1 aromatic rings. The minimum atomic E-state index is 0.142. The van der Waals surface area contributed by atoms with E-state index in [2.05, 4.69) is 38.0 Å². The summed E-state index contributed by atoms with van der Waals surface area (Å²) in [5.41, 5.74) is 0. The van der Waals surface area contributed by atoms with E-state index in [0.717, 1.165) is 31.9 Å². The van der Waals surface area contributed by atoms with Crippen molar-refractivity contribution in [3.05, 3.63) is 29.3 Å². The lowest BCUT2D eigenvalue weighted by Gasteiger charge is -2.22. The van der Waals surface area contributed by atoms with Gasteiger partial charge in [0.05, 0.1) is 0 Å². The summed E-state index contributed by atoms with van der Waals surface area (Å²) in [6, 6.07) is 7.55. The smallest absolute Gasteiger partial charge is 0.121 e. The van der Waals surface area contributed by atoms with Crippen molar-refractivity contribution in [1.82, 2.24) is 10.2 Å². The van der Waals surface area contributed by atoms with Crippen molar-refractivity contribution in [2.75, 3.05) is 33.2 Å². The summed E-state index contributed by atoms with van der Waals surface area (Å²) in [7, 11) is 2.12. The Kier molecular flexibility index (Phi) is 7.97. The summed E-state index contributed by atoms with van der Waals surface area (Å²) in [4.78, 5) is 2.28. The van der Waals surface area contributed by atoms with Crippen LogP contribution in [0.1, 0.15) is 20.8 Å². The van der Waals surface area contributed by atoms with E-state index in [1.807, 2.05) is 24.3 Å². The second-order valence-corrected chi connectivity index (χ2v) is 6.18. The normalized spacial score (nSPS) is 12.9. The third-order valence-electron chi connectivity index (χ3n) is 2.93. The van der Waals surface area contributed by atoms with Crippen LogP contribution in [0.15, 0.2) is 24.3 Å². The van der Waals surface area contributed by atoms with Gasteiger partial charge in [-0.25, -0.2) is 0 Å². The monoisotopic (exact) mass is 298 g/mol. The standard InChI is InChI=1S/C16H27ClN2O/c1-13(2)11-18-8-9-19(4)12-14(3)20-16-7-5-6-15(17)10-16/h5-7,10,13-14,18H,8-9,11-12H2,1-4H3. The number of hydrogen-bond acceptors (Lipinski definition) is 3. The van der Waals surface area contributed by atoms with Crippen molar-refractivity contribution >= 4 is 11.6 Å². The summed E-state index contributed by atoms with van der Waals surface area (Å²) in [6.45, 7) is 10.5. The molecule has 114 valence electrons. The first-order valence-electron chi connectivity index (χ1n) is 7.29. The van der Waals surface area contributed by atoms with Gasteiger partial charge in [-0.1, -0.05) is 31.5 Å². The van der Waals surface area contributed by atoms with Gasteiger partial charge in [-0.3, -0.25) is 0 Å². The molecule has 0 aliphatic carbocycles. The molecule has 0 bridgehead atoms. The van der Waals surface area contributed by atoms with Gasteiger partial charge >= 0.3 is 0 Å². The van der Waals surface area contributed by atoms with E-state index in [1.54, 1.807) is 0 Å². The van der Waals surface area contributed by atoms with Gasteiger partial charge in [-0.05, 0) is 44.6 Å². The number of rotatable bonds is 9. The van der Waals surface area contributed by atoms with Crippen LogP contribution in [0.5, 0.6) is 5.75 Å². The highest BCUT2D eigenvalue weighted by Crippen LogP contribution is 2.18. The van der Waals surface area contributed by atoms with Crippen molar-refractivity contribution in [1.29, 1.82) is 0 Å². The zero-order valence-electron chi connectivity index (χ0n) is 13.0. The minimum Gasteiger partial charge on any atom is -0.489 e. The third-order valence-corrected chi connectivity index (χ3v) is 3.16. The number of nitrogens with zero attached hydrogens (tertiary/aromatic N) is 1. The van der Waals surface area contributed by atoms with Crippen molar-refractivity contribution < 1.29 is 4.74 Å². The molecule has 1 N–H and O–H groups in total. The summed E-state index contributed by atoms with van der Waals surface area (Å²) in [5.74, 6) is 1.53. The van der Waals surface area contributed by atoms with Gasteiger partial charge in [-0.2, -0.15) is 0 Å². The van der Waals surface area contributed by atoms with Crippen LogP contribution in [0.3, 0.4) is 0 Å². The second kappa shape index (κ2) is 9.22. The number of hydrogen-bond donors (Lipinski definition) is 1. The molecule has 0 radical (unpaired) electrons. The summed E-state index contributed by atoms with van der Waals surface area (Å²) in [5, 5.41) is 4.16. The van der Waals surface area contributed by atoms with Gasteiger partial charge in [0, 0.05) is 24.7 Å². The lowest BCUT2D eigenvalue weighted by atomic mass is 10.2. The van der Waals surface area contributed by atoms with E-state index in [1.165, 1.54) is 0 Å². The maximum Gasteiger partial charge on any atom is 0.121 e. The van der Waals surface area contributed by atoms with Gasteiger partial charge in [0.15, 0.2) is 0 Å².